The zero-order valence-electron chi connectivity index (χ0n) is 9.78. The molecule has 1 aromatic rings. The summed E-state index contributed by atoms with van der Waals surface area (Å²) in [5.74, 6) is 0. The quantitative estimate of drug-likeness (QED) is 0.854. The zero-order chi connectivity index (χ0) is 13.2. The van der Waals surface area contributed by atoms with Crippen LogP contribution in [0.25, 0.3) is 0 Å². The molecule has 1 heterocycles. The van der Waals surface area contributed by atoms with Gasteiger partial charge in [-0.2, -0.15) is 9.57 Å². The lowest BCUT2D eigenvalue weighted by molar-refractivity contribution is 0.113. The average Bonchev–Trinajstić information content (AvgIpc) is 2.39. The Bertz CT molecular complexity index is 569. The number of nitriles is 1. The Labute approximate surface area is 106 Å². The SMILES string of the molecule is N#Cc1cccc(S(=O)(=O)N2CCC(O)CC2)c1. The number of benzene rings is 1. The highest BCUT2D eigenvalue weighted by atomic mass is 32.2. The van der Waals surface area contributed by atoms with Crippen LogP contribution < -0.4 is 0 Å². The van der Waals surface area contributed by atoms with Crippen molar-refractivity contribution in [3.05, 3.63) is 29.8 Å². The zero-order valence-corrected chi connectivity index (χ0v) is 10.6. The van der Waals surface area contributed by atoms with Crippen molar-refractivity contribution in [1.82, 2.24) is 4.31 Å². The molecule has 0 aromatic heterocycles. The Morgan fingerprint density at radius 1 is 1.33 bits per heavy atom. The van der Waals surface area contributed by atoms with Crippen molar-refractivity contribution >= 4 is 10.0 Å². The molecule has 1 aliphatic heterocycles. The Morgan fingerprint density at radius 2 is 2.00 bits per heavy atom. The van der Waals surface area contributed by atoms with Gasteiger partial charge in [0.15, 0.2) is 0 Å². The van der Waals surface area contributed by atoms with E-state index in [1.54, 1.807) is 12.1 Å². The van der Waals surface area contributed by atoms with Gasteiger partial charge in [0.05, 0.1) is 22.6 Å². The van der Waals surface area contributed by atoms with Crippen LogP contribution in [-0.4, -0.2) is 37.0 Å². The van der Waals surface area contributed by atoms with Crippen LogP contribution in [0.15, 0.2) is 29.2 Å². The van der Waals surface area contributed by atoms with E-state index in [0.29, 0.717) is 31.5 Å². The molecule has 0 amide bonds. The lowest BCUT2D eigenvalue weighted by atomic mass is 10.1. The van der Waals surface area contributed by atoms with Crippen LogP contribution in [0.2, 0.25) is 0 Å². The van der Waals surface area contributed by atoms with E-state index in [4.69, 9.17) is 5.26 Å². The minimum absolute atomic E-state index is 0.137. The van der Waals surface area contributed by atoms with Gasteiger partial charge >= 0.3 is 0 Å². The number of aliphatic hydroxyl groups excluding tert-OH is 1. The molecule has 6 heteroatoms. The summed E-state index contributed by atoms with van der Waals surface area (Å²) in [5, 5.41) is 18.2. The number of piperidine rings is 1. The summed E-state index contributed by atoms with van der Waals surface area (Å²) in [6.07, 6.45) is 0.496. The summed E-state index contributed by atoms with van der Waals surface area (Å²) in [6, 6.07) is 7.92. The van der Waals surface area contributed by atoms with Crippen LogP contribution in [0.3, 0.4) is 0 Å². The molecule has 0 aliphatic carbocycles. The predicted molar refractivity (Wildman–Crippen MR) is 65.2 cm³/mol. The highest BCUT2D eigenvalue weighted by Gasteiger charge is 2.28. The molecule has 0 bridgehead atoms. The average molecular weight is 266 g/mol. The highest BCUT2D eigenvalue weighted by molar-refractivity contribution is 7.89. The Balaban J connectivity index is 2.28. The van der Waals surface area contributed by atoms with Gasteiger partial charge in [-0.05, 0) is 31.0 Å². The number of nitrogens with zero attached hydrogens (tertiary/aromatic N) is 2. The molecule has 96 valence electrons. The summed E-state index contributed by atoms with van der Waals surface area (Å²) in [5.41, 5.74) is 0.327. The van der Waals surface area contributed by atoms with E-state index in [-0.39, 0.29) is 4.90 Å². The van der Waals surface area contributed by atoms with E-state index in [2.05, 4.69) is 0 Å². The molecule has 0 atom stereocenters. The lowest BCUT2D eigenvalue weighted by Crippen LogP contribution is -2.39. The van der Waals surface area contributed by atoms with Gasteiger partial charge in [0.1, 0.15) is 0 Å². The van der Waals surface area contributed by atoms with Gasteiger partial charge in [-0.15, -0.1) is 0 Å². The van der Waals surface area contributed by atoms with Crippen molar-refractivity contribution in [2.75, 3.05) is 13.1 Å². The van der Waals surface area contributed by atoms with Gasteiger partial charge in [0.2, 0.25) is 10.0 Å². The number of sulfonamides is 1. The molecule has 0 unspecified atom stereocenters. The van der Waals surface area contributed by atoms with Crippen LogP contribution in [-0.2, 0) is 10.0 Å². The second-order valence-corrected chi connectivity index (χ2v) is 6.21. The minimum atomic E-state index is -3.55. The molecule has 1 aliphatic rings. The van der Waals surface area contributed by atoms with E-state index >= 15 is 0 Å². The number of hydrogen-bond acceptors (Lipinski definition) is 4. The summed E-state index contributed by atoms with van der Waals surface area (Å²) in [6.45, 7) is 0.639. The molecule has 0 saturated carbocycles. The predicted octanol–water partition coefficient (Wildman–Crippen LogP) is 0.704. The maximum Gasteiger partial charge on any atom is 0.243 e. The topological polar surface area (TPSA) is 81.4 Å². The summed E-state index contributed by atoms with van der Waals surface area (Å²) in [7, 11) is -3.55. The third-order valence-electron chi connectivity index (χ3n) is 3.02. The molecule has 2 rings (SSSR count). The number of rotatable bonds is 2. The number of aliphatic hydroxyl groups is 1. The smallest absolute Gasteiger partial charge is 0.243 e. The molecule has 1 saturated heterocycles. The maximum absolute atomic E-state index is 12.3. The largest absolute Gasteiger partial charge is 0.393 e. The van der Waals surface area contributed by atoms with E-state index in [0.717, 1.165) is 0 Å². The van der Waals surface area contributed by atoms with Gasteiger partial charge in [-0.1, -0.05) is 6.07 Å². The molecular weight excluding hydrogens is 252 g/mol. The first kappa shape index (κ1) is 13.0. The summed E-state index contributed by atoms with van der Waals surface area (Å²) >= 11 is 0. The number of hydrogen-bond donors (Lipinski definition) is 1. The van der Waals surface area contributed by atoms with E-state index in [9.17, 15) is 13.5 Å². The van der Waals surface area contributed by atoms with E-state index in [1.165, 1.54) is 16.4 Å². The van der Waals surface area contributed by atoms with Crippen LogP contribution in [0, 0.1) is 11.3 Å². The van der Waals surface area contributed by atoms with Crippen LogP contribution in [0.5, 0.6) is 0 Å². The fraction of sp³-hybridized carbons (Fsp3) is 0.417. The fourth-order valence-corrected chi connectivity index (χ4v) is 3.47. The standard InChI is InChI=1S/C12H14N2O3S/c13-9-10-2-1-3-12(8-10)18(16,17)14-6-4-11(15)5-7-14/h1-3,8,11,15H,4-7H2. The normalized spacial score (nSPS) is 18.4. The summed E-state index contributed by atoms with van der Waals surface area (Å²) in [4.78, 5) is 0.137. The van der Waals surface area contributed by atoms with Crippen molar-refractivity contribution in [1.29, 1.82) is 5.26 Å². The first-order valence-electron chi connectivity index (χ1n) is 5.72. The highest BCUT2D eigenvalue weighted by Crippen LogP contribution is 2.21. The molecule has 1 aromatic carbocycles. The summed E-state index contributed by atoms with van der Waals surface area (Å²) < 4.78 is 26.0. The molecular formula is C12H14N2O3S. The van der Waals surface area contributed by atoms with Crippen LogP contribution in [0.1, 0.15) is 18.4 Å². The monoisotopic (exact) mass is 266 g/mol. The van der Waals surface area contributed by atoms with Gasteiger partial charge in [0.25, 0.3) is 0 Å². The first-order chi connectivity index (χ1) is 8.54. The van der Waals surface area contributed by atoms with Gasteiger partial charge < -0.3 is 5.11 Å². The van der Waals surface area contributed by atoms with Gasteiger partial charge in [-0.3, -0.25) is 0 Å². The molecule has 0 radical (unpaired) electrons. The van der Waals surface area contributed by atoms with E-state index < -0.39 is 16.1 Å². The molecule has 5 nitrogen and oxygen atoms in total. The third kappa shape index (κ3) is 2.53. The van der Waals surface area contributed by atoms with Crippen molar-refractivity contribution in [3.8, 4) is 6.07 Å². The van der Waals surface area contributed by atoms with Crippen LogP contribution in [0.4, 0.5) is 0 Å². The fourth-order valence-electron chi connectivity index (χ4n) is 1.96. The molecule has 18 heavy (non-hydrogen) atoms. The van der Waals surface area contributed by atoms with Crippen LogP contribution >= 0.6 is 0 Å². The Hall–Kier alpha value is -1.42. The minimum Gasteiger partial charge on any atom is -0.393 e. The first-order valence-corrected chi connectivity index (χ1v) is 7.16. The molecule has 1 fully saturated rings. The lowest BCUT2D eigenvalue weighted by Gasteiger charge is -2.28. The second kappa shape index (κ2) is 5.06. The Morgan fingerprint density at radius 3 is 2.61 bits per heavy atom. The van der Waals surface area contributed by atoms with Crippen molar-refractivity contribution in [2.24, 2.45) is 0 Å². The van der Waals surface area contributed by atoms with E-state index in [1.807, 2.05) is 6.07 Å². The van der Waals surface area contributed by atoms with Gasteiger partial charge in [-0.25, -0.2) is 8.42 Å². The maximum atomic E-state index is 12.3. The second-order valence-electron chi connectivity index (χ2n) is 4.27. The molecule has 1 N–H and O–H groups in total. The van der Waals surface area contributed by atoms with Crippen molar-refractivity contribution in [3.63, 3.8) is 0 Å². The Kier molecular flexibility index (Phi) is 3.66. The third-order valence-corrected chi connectivity index (χ3v) is 4.92. The van der Waals surface area contributed by atoms with Crippen molar-refractivity contribution in [2.45, 2.75) is 23.8 Å². The van der Waals surface area contributed by atoms with Gasteiger partial charge in [0, 0.05) is 13.1 Å². The molecule has 0 spiro atoms. The van der Waals surface area contributed by atoms with Crippen molar-refractivity contribution < 1.29 is 13.5 Å².